The minimum absolute atomic E-state index is 0.291. The molecule has 5 N–H and O–H groups in total. The van der Waals surface area contributed by atoms with Gasteiger partial charge in [0.15, 0.2) is 0 Å². The van der Waals surface area contributed by atoms with E-state index in [0.29, 0.717) is 29.4 Å². The van der Waals surface area contributed by atoms with E-state index in [1.807, 2.05) is 5.43 Å². The fourth-order valence-electron chi connectivity index (χ4n) is 1.18. The molecule has 0 saturated heterocycles. The summed E-state index contributed by atoms with van der Waals surface area (Å²) in [6, 6.07) is 6.61. The molecular formula is C11H15N3O3S. The highest BCUT2D eigenvalue weighted by Crippen LogP contribution is 2.12. The number of primary amides is 1. The summed E-state index contributed by atoms with van der Waals surface area (Å²) in [4.78, 5) is 21.6. The summed E-state index contributed by atoms with van der Waals surface area (Å²) in [6.45, 7) is 0.473. The molecule has 0 saturated carbocycles. The van der Waals surface area contributed by atoms with E-state index in [1.54, 1.807) is 24.3 Å². The maximum absolute atomic E-state index is 11.2. The van der Waals surface area contributed by atoms with Gasteiger partial charge in [0.1, 0.15) is 5.75 Å². The zero-order valence-corrected chi connectivity index (χ0v) is 10.5. The molecule has 0 radical (unpaired) electrons. The minimum Gasteiger partial charge on any atom is -0.493 e. The maximum atomic E-state index is 11.2. The van der Waals surface area contributed by atoms with Crippen LogP contribution in [0.4, 0.5) is 0 Å². The molecule has 1 aromatic carbocycles. The van der Waals surface area contributed by atoms with Gasteiger partial charge in [0.25, 0.3) is 5.91 Å². The number of amides is 2. The molecule has 0 aliphatic heterocycles. The number of carbonyl (C=O) groups excluding carboxylic acids is 2. The van der Waals surface area contributed by atoms with Crippen molar-refractivity contribution in [3.8, 4) is 5.75 Å². The second kappa shape index (κ2) is 7.57. The Morgan fingerprint density at radius 1 is 1.28 bits per heavy atom. The number of nitrogens with one attached hydrogen (secondary N) is 1. The van der Waals surface area contributed by atoms with Crippen LogP contribution in [-0.4, -0.2) is 29.9 Å². The lowest BCUT2D eigenvalue weighted by Gasteiger charge is -2.06. The van der Waals surface area contributed by atoms with Gasteiger partial charge in [0.05, 0.1) is 12.4 Å². The molecule has 6 nitrogen and oxygen atoms in total. The number of thioether (sulfide) groups is 1. The molecule has 0 unspecified atom stereocenters. The summed E-state index contributed by atoms with van der Waals surface area (Å²) in [7, 11) is 0. The average molecular weight is 269 g/mol. The Balaban J connectivity index is 2.31. The topological polar surface area (TPSA) is 107 Å². The minimum atomic E-state index is -0.349. The van der Waals surface area contributed by atoms with Crippen LogP contribution in [0.25, 0.3) is 0 Å². The maximum Gasteiger partial charge on any atom is 0.265 e. The summed E-state index contributed by atoms with van der Waals surface area (Å²) in [5.41, 5.74) is 7.51. The summed E-state index contributed by atoms with van der Waals surface area (Å²) in [5, 5.41) is 0. The zero-order valence-electron chi connectivity index (χ0n) is 9.72. The van der Waals surface area contributed by atoms with Crippen LogP contribution in [0.5, 0.6) is 5.75 Å². The van der Waals surface area contributed by atoms with Gasteiger partial charge < -0.3 is 10.5 Å². The van der Waals surface area contributed by atoms with E-state index in [0.717, 1.165) is 0 Å². The smallest absolute Gasteiger partial charge is 0.265 e. The molecule has 0 bridgehead atoms. The molecule has 0 aromatic heterocycles. The number of carbonyl (C=O) groups is 2. The van der Waals surface area contributed by atoms with Crippen LogP contribution in [0.3, 0.4) is 0 Å². The van der Waals surface area contributed by atoms with Crippen molar-refractivity contribution in [1.29, 1.82) is 0 Å². The SMILES string of the molecule is NNC(=O)c1ccc(OCCSCC(N)=O)cc1. The normalized spacial score (nSPS) is 9.83. The van der Waals surface area contributed by atoms with Gasteiger partial charge in [-0.2, -0.15) is 0 Å². The van der Waals surface area contributed by atoms with Gasteiger partial charge in [-0.15, -0.1) is 11.8 Å². The third-order valence-corrected chi connectivity index (χ3v) is 2.93. The Kier molecular flexibility index (Phi) is 6.03. The van der Waals surface area contributed by atoms with Crippen LogP contribution in [0.1, 0.15) is 10.4 Å². The summed E-state index contributed by atoms with van der Waals surface area (Å²) < 4.78 is 5.42. The molecule has 98 valence electrons. The first kappa shape index (κ1) is 14.3. The van der Waals surface area contributed by atoms with Gasteiger partial charge in [0.2, 0.25) is 5.91 Å². The molecule has 0 heterocycles. The molecule has 0 spiro atoms. The van der Waals surface area contributed by atoms with Crippen LogP contribution in [0.15, 0.2) is 24.3 Å². The fourth-order valence-corrected chi connectivity index (χ4v) is 1.72. The van der Waals surface area contributed by atoms with Crippen molar-refractivity contribution in [2.24, 2.45) is 11.6 Å². The van der Waals surface area contributed by atoms with Crippen molar-refractivity contribution < 1.29 is 14.3 Å². The van der Waals surface area contributed by atoms with Gasteiger partial charge in [0, 0.05) is 11.3 Å². The van der Waals surface area contributed by atoms with Gasteiger partial charge in [-0.05, 0) is 24.3 Å². The fraction of sp³-hybridized carbons (Fsp3) is 0.273. The molecular weight excluding hydrogens is 254 g/mol. The number of nitrogens with two attached hydrogens (primary N) is 2. The number of ether oxygens (including phenoxy) is 1. The van der Waals surface area contributed by atoms with E-state index < -0.39 is 0 Å². The number of nitrogen functional groups attached to an aromatic ring is 1. The van der Waals surface area contributed by atoms with Crippen LogP contribution < -0.4 is 21.7 Å². The van der Waals surface area contributed by atoms with Gasteiger partial charge in [-0.25, -0.2) is 5.84 Å². The van der Waals surface area contributed by atoms with Crippen LogP contribution in [0.2, 0.25) is 0 Å². The molecule has 2 amide bonds. The molecule has 0 atom stereocenters. The number of hydrogen-bond acceptors (Lipinski definition) is 5. The highest BCUT2D eigenvalue weighted by molar-refractivity contribution is 7.99. The highest BCUT2D eigenvalue weighted by atomic mass is 32.2. The monoisotopic (exact) mass is 269 g/mol. The van der Waals surface area contributed by atoms with Crippen molar-refractivity contribution in [1.82, 2.24) is 5.43 Å². The average Bonchev–Trinajstić information content (AvgIpc) is 2.38. The molecule has 0 aliphatic rings. The molecule has 1 rings (SSSR count). The number of rotatable bonds is 7. The van der Waals surface area contributed by atoms with E-state index in [4.69, 9.17) is 16.3 Å². The van der Waals surface area contributed by atoms with Crippen molar-refractivity contribution >= 4 is 23.6 Å². The lowest BCUT2D eigenvalue weighted by molar-refractivity contribution is -0.115. The third-order valence-electron chi connectivity index (χ3n) is 1.99. The second-order valence-electron chi connectivity index (χ2n) is 3.37. The lowest BCUT2D eigenvalue weighted by atomic mass is 10.2. The largest absolute Gasteiger partial charge is 0.493 e. The van der Waals surface area contributed by atoms with E-state index in [9.17, 15) is 9.59 Å². The number of benzene rings is 1. The number of hydrogen-bond donors (Lipinski definition) is 3. The Hall–Kier alpha value is -1.73. The van der Waals surface area contributed by atoms with E-state index in [-0.39, 0.29) is 11.8 Å². The Labute approximate surface area is 109 Å². The Bertz CT molecular complexity index is 408. The Morgan fingerprint density at radius 3 is 2.50 bits per heavy atom. The summed E-state index contributed by atoms with van der Waals surface area (Å²) >= 11 is 1.41. The van der Waals surface area contributed by atoms with Gasteiger partial charge in [-0.1, -0.05) is 0 Å². The van der Waals surface area contributed by atoms with E-state index in [1.165, 1.54) is 11.8 Å². The van der Waals surface area contributed by atoms with Crippen LogP contribution in [0, 0.1) is 0 Å². The zero-order chi connectivity index (χ0) is 13.4. The van der Waals surface area contributed by atoms with Crippen molar-refractivity contribution in [2.75, 3.05) is 18.1 Å². The van der Waals surface area contributed by atoms with E-state index in [2.05, 4.69) is 0 Å². The quantitative estimate of drug-likeness (QED) is 0.277. The van der Waals surface area contributed by atoms with Crippen LogP contribution >= 0.6 is 11.8 Å². The first-order chi connectivity index (χ1) is 8.63. The number of hydrazine groups is 1. The van der Waals surface area contributed by atoms with Crippen molar-refractivity contribution in [2.45, 2.75) is 0 Å². The first-order valence-electron chi connectivity index (χ1n) is 5.23. The summed E-state index contributed by atoms with van der Waals surface area (Å²) in [6.07, 6.45) is 0. The van der Waals surface area contributed by atoms with Gasteiger partial charge >= 0.3 is 0 Å². The standard InChI is InChI=1S/C11H15N3O3S/c12-10(15)7-18-6-5-17-9-3-1-8(2-4-9)11(16)14-13/h1-4H,5-7,13H2,(H2,12,15)(H,14,16). The highest BCUT2D eigenvalue weighted by Gasteiger charge is 2.03. The predicted octanol–water partition coefficient (Wildman–Crippen LogP) is -0.113. The molecule has 18 heavy (non-hydrogen) atoms. The molecule has 1 aromatic rings. The second-order valence-corrected chi connectivity index (χ2v) is 4.47. The lowest BCUT2D eigenvalue weighted by Crippen LogP contribution is -2.29. The molecule has 0 aliphatic carbocycles. The summed E-state index contributed by atoms with van der Waals surface area (Å²) in [5.74, 6) is 5.95. The third kappa shape index (κ3) is 5.07. The van der Waals surface area contributed by atoms with Crippen LogP contribution in [-0.2, 0) is 4.79 Å². The molecule has 0 fully saturated rings. The van der Waals surface area contributed by atoms with Crippen molar-refractivity contribution in [3.63, 3.8) is 0 Å². The first-order valence-corrected chi connectivity index (χ1v) is 6.39. The van der Waals surface area contributed by atoms with Gasteiger partial charge in [-0.3, -0.25) is 15.0 Å². The predicted molar refractivity (Wildman–Crippen MR) is 70.1 cm³/mol. The Morgan fingerprint density at radius 2 is 1.94 bits per heavy atom. The molecule has 7 heteroatoms. The van der Waals surface area contributed by atoms with Crippen molar-refractivity contribution in [3.05, 3.63) is 29.8 Å². The van der Waals surface area contributed by atoms with E-state index >= 15 is 0 Å².